The summed E-state index contributed by atoms with van der Waals surface area (Å²) in [4.78, 5) is 30.2. The van der Waals surface area contributed by atoms with Crippen molar-refractivity contribution in [2.75, 3.05) is 30.3 Å². The SMILES string of the molecule is N#Cc1cc2c(Oc3ccc(NC(=O)Nc4ccc(F)cc4)cc3)ccnc2cc1OCCCN1CCCC1=O. The summed E-state index contributed by atoms with van der Waals surface area (Å²) in [5.74, 6) is 1.26. The van der Waals surface area contributed by atoms with Gasteiger partial charge in [-0.05, 0) is 73.5 Å². The number of hydrogen-bond acceptors (Lipinski definition) is 6. The highest BCUT2D eigenvalue weighted by Gasteiger charge is 2.19. The van der Waals surface area contributed by atoms with Crippen molar-refractivity contribution in [1.29, 1.82) is 5.26 Å². The van der Waals surface area contributed by atoms with Gasteiger partial charge in [0.05, 0.1) is 17.7 Å². The van der Waals surface area contributed by atoms with Gasteiger partial charge in [-0.15, -0.1) is 0 Å². The molecule has 1 fully saturated rings. The van der Waals surface area contributed by atoms with Gasteiger partial charge >= 0.3 is 6.03 Å². The van der Waals surface area contributed by atoms with E-state index in [0.717, 1.165) is 13.0 Å². The second-order valence-electron chi connectivity index (χ2n) is 9.19. The van der Waals surface area contributed by atoms with Gasteiger partial charge in [0, 0.05) is 48.5 Å². The van der Waals surface area contributed by atoms with Crippen LogP contribution in [0, 0.1) is 17.1 Å². The van der Waals surface area contributed by atoms with Crippen LogP contribution >= 0.6 is 0 Å². The topological polar surface area (TPSA) is 117 Å². The van der Waals surface area contributed by atoms with E-state index < -0.39 is 6.03 Å². The molecular formula is C30H26FN5O4. The first kappa shape index (κ1) is 26.4. The van der Waals surface area contributed by atoms with Crippen molar-refractivity contribution in [2.45, 2.75) is 19.3 Å². The van der Waals surface area contributed by atoms with Crippen LogP contribution in [0.1, 0.15) is 24.8 Å². The van der Waals surface area contributed by atoms with Crippen molar-refractivity contribution in [3.05, 3.63) is 84.3 Å². The lowest BCUT2D eigenvalue weighted by molar-refractivity contribution is -0.127. The van der Waals surface area contributed by atoms with Crippen LogP contribution in [0.4, 0.5) is 20.6 Å². The number of nitrogens with zero attached hydrogens (tertiary/aromatic N) is 3. The molecule has 0 unspecified atom stereocenters. The minimum atomic E-state index is -0.466. The number of likely N-dealkylation sites (tertiary alicyclic amines) is 1. The number of benzene rings is 3. The molecule has 1 aliphatic heterocycles. The van der Waals surface area contributed by atoms with Gasteiger partial charge in [0.1, 0.15) is 29.1 Å². The number of fused-ring (bicyclic) bond motifs is 1. The van der Waals surface area contributed by atoms with Crippen LogP contribution in [-0.4, -0.2) is 41.5 Å². The average molecular weight is 540 g/mol. The lowest BCUT2D eigenvalue weighted by atomic mass is 10.1. The standard InChI is InChI=1S/C30H26FN5O4/c31-21-4-6-22(7-5-21)34-30(38)35-23-8-10-24(11-9-23)40-27-12-13-33-26-18-28(20(19-32)17-25(26)27)39-16-2-15-36-14-1-3-29(36)37/h4-13,17-18H,1-3,14-16H2,(H2,34,35,38). The zero-order chi connectivity index (χ0) is 27.9. The van der Waals surface area contributed by atoms with Crippen LogP contribution in [0.25, 0.3) is 10.9 Å². The Morgan fingerprint density at radius 1 is 1.02 bits per heavy atom. The minimum Gasteiger partial charge on any atom is -0.492 e. The number of nitriles is 1. The van der Waals surface area contributed by atoms with E-state index in [9.17, 15) is 19.2 Å². The number of halogens is 1. The number of rotatable bonds is 9. The van der Waals surface area contributed by atoms with Gasteiger partial charge in [-0.3, -0.25) is 9.78 Å². The monoisotopic (exact) mass is 539 g/mol. The van der Waals surface area contributed by atoms with Crippen molar-refractivity contribution >= 4 is 34.2 Å². The van der Waals surface area contributed by atoms with Crippen molar-refractivity contribution < 1.29 is 23.5 Å². The van der Waals surface area contributed by atoms with Crippen LogP contribution in [0.2, 0.25) is 0 Å². The Bertz CT molecular complexity index is 1570. The van der Waals surface area contributed by atoms with Gasteiger partial charge in [-0.1, -0.05) is 0 Å². The fraction of sp³-hybridized carbons (Fsp3) is 0.200. The third-order valence-electron chi connectivity index (χ3n) is 6.37. The smallest absolute Gasteiger partial charge is 0.323 e. The molecule has 3 amide bonds. The first-order valence-electron chi connectivity index (χ1n) is 12.8. The van der Waals surface area contributed by atoms with E-state index in [2.05, 4.69) is 21.7 Å². The fourth-order valence-corrected chi connectivity index (χ4v) is 4.38. The number of amides is 3. The number of anilines is 2. The molecule has 1 aliphatic rings. The summed E-state index contributed by atoms with van der Waals surface area (Å²) >= 11 is 0. The van der Waals surface area contributed by atoms with Crippen LogP contribution in [0.3, 0.4) is 0 Å². The van der Waals surface area contributed by atoms with E-state index in [4.69, 9.17) is 9.47 Å². The molecule has 2 heterocycles. The number of pyridine rings is 1. The molecule has 5 rings (SSSR count). The van der Waals surface area contributed by atoms with E-state index in [1.807, 2.05) is 4.90 Å². The van der Waals surface area contributed by atoms with Gasteiger partial charge in [0.2, 0.25) is 5.91 Å². The Hall–Kier alpha value is -5.17. The van der Waals surface area contributed by atoms with Gasteiger partial charge < -0.3 is 25.0 Å². The van der Waals surface area contributed by atoms with Crippen LogP contribution in [0.5, 0.6) is 17.2 Å². The lowest BCUT2D eigenvalue weighted by Gasteiger charge is -2.16. The molecule has 0 atom stereocenters. The largest absolute Gasteiger partial charge is 0.492 e. The molecule has 1 saturated heterocycles. The molecule has 3 aromatic carbocycles. The van der Waals surface area contributed by atoms with Gasteiger partial charge in [-0.2, -0.15) is 5.26 Å². The van der Waals surface area contributed by atoms with E-state index in [0.29, 0.717) is 71.1 Å². The zero-order valence-corrected chi connectivity index (χ0v) is 21.5. The maximum atomic E-state index is 13.0. The Morgan fingerprint density at radius 2 is 1.75 bits per heavy atom. The number of aromatic nitrogens is 1. The molecule has 40 heavy (non-hydrogen) atoms. The lowest BCUT2D eigenvalue weighted by Crippen LogP contribution is -2.26. The predicted molar refractivity (Wildman–Crippen MR) is 148 cm³/mol. The second-order valence-corrected chi connectivity index (χ2v) is 9.19. The highest BCUT2D eigenvalue weighted by Crippen LogP contribution is 2.33. The van der Waals surface area contributed by atoms with Crippen molar-refractivity contribution in [2.24, 2.45) is 0 Å². The summed E-state index contributed by atoms with van der Waals surface area (Å²) in [5.41, 5.74) is 1.97. The van der Waals surface area contributed by atoms with Gasteiger partial charge in [-0.25, -0.2) is 9.18 Å². The third-order valence-corrected chi connectivity index (χ3v) is 6.37. The highest BCUT2D eigenvalue weighted by molar-refractivity contribution is 5.99. The van der Waals surface area contributed by atoms with Gasteiger partial charge in [0.15, 0.2) is 0 Å². The molecule has 1 aromatic heterocycles. The molecule has 0 radical (unpaired) electrons. The Labute approximate surface area is 230 Å². The number of ether oxygens (including phenoxy) is 2. The highest BCUT2D eigenvalue weighted by atomic mass is 19.1. The van der Waals surface area contributed by atoms with E-state index in [1.54, 1.807) is 48.7 Å². The average Bonchev–Trinajstić information content (AvgIpc) is 3.37. The van der Waals surface area contributed by atoms with Gasteiger partial charge in [0.25, 0.3) is 0 Å². The summed E-state index contributed by atoms with van der Waals surface area (Å²) < 4.78 is 25.0. The molecule has 0 spiro atoms. The van der Waals surface area contributed by atoms with Crippen molar-refractivity contribution in [3.8, 4) is 23.3 Å². The summed E-state index contributed by atoms with van der Waals surface area (Å²) in [6, 6.07) is 19.1. The molecule has 0 aliphatic carbocycles. The number of nitrogens with one attached hydrogen (secondary N) is 2. The molecule has 4 aromatic rings. The molecule has 0 bridgehead atoms. The third kappa shape index (κ3) is 6.45. The summed E-state index contributed by atoms with van der Waals surface area (Å²) in [6.07, 6.45) is 3.79. The first-order chi connectivity index (χ1) is 19.5. The predicted octanol–water partition coefficient (Wildman–Crippen LogP) is 6.07. The van der Waals surface area contributed by atoms with E-state index in [-0.39, 0.29) is 11.7 Å². The normalized spacial score (nSPS) is 12.7. The quantitative estimate of drug-likeness (QED) is 0.249. The van der Waals surface area contributed by atoms with Crippen LogP contribution in [0.15, 0.2) is 72.9 Å². The minimum absolute atomic E-state index is 0.179. The van der Waals surface area contributed by atoms with Crippen LogP contribution in [-0.2, 0) is 4.79 Å². The second kappa shape index (κ2) is 12.1. The summed E-state index contributed by atoms with van der Waals surface area (Å²) in [6.45, 7) is 1.80. The molecular weight excluding hydrogens is 513 g/mol. The maximum Gasteiger partial charge on any atom is 0.323 e. The Kier molecular flexibility index (Phi) is 8.02. The Morgan fingerprint density at radius 3 is 2.42 bits per heavy atom. The maximum absolute atomic E-state index is 13.0. The zero-order valence-electron chi connectivity index (χ0n) is 21.5. The molecule has 0 saturated carbocycles. The molecule has 9 nitrogen and oxygen atoms in total. The first-order valence-corrected chi connectivity index (χ1v) is 12.8. The Balaban J connectivity index is 1.22. The summed E-state index contributed by atoms with van der Waals surface area (Å²) in [7, 11) is 0. The summed E-state index contributed by atoms with van der Waals surface area (Å²) in [5, 5.41) is 15.7. The van der Waals surface area contributed by atoms with Crippen molar-refractivity contribution in [3.63, 3.8) is 0 Å². The molecule has 10 heteroatoms. The fourth-order valence-electron chi connectivity index (χ4n) is 4.38. The number of carbonyl (C=O) groups is 2. The van der Waals surface area contributed by atoms with E-state index in [1.165, 1.54) is 24.3 Å². The van der Waals surface area contributed by atoms with Crippen molar-refractivity contribution in [1.82, 2.24) is 9.88 Å². The number of carbonyl (C=O) groups excluding carboxylic acids is 2. The van der Waals surface area contributed by atoms with Crippen LogP contribution < -0.4 is 20.1 Å². The molecule has 2 N–H and O–H groups in total. The number of urea groups is 1. The van der Waals surface area contributed by atoms with E-state index >= 15 is 0 Å². The number of hydrogen-bond donors (Lipinski definition) is 2. The molecule has 202 valence electrons.